The summed E-state index contributed by atoms with van der Waals surface area (Å²) in [5.41, 5.74) is 2.76. The number of amides is 1. The van der Waals surface area contributed by atoms with E-state index >= 15 is 0 Å². The Balaban J connectivity index is 1.56. The van der Waals surface area contributed by atoms with Crippen molar-refractivity contribution in [3.8, 4) is 0 Å². The van der Waals surface area contributed by atoms with E-state index in [2.05, 4.69) is 21.2 Å². The number of ether oxygens (including phenoxy) is 1. The van der Waals surface area contributed by atoms with E-state index in [0.717, 1.165) is 23.3 Å². The molecule has 1 fully saturated rings. The van der Waals surface area contributed by atoms with Crippen molar-refractivity contribution < 1.29 is 9.53 Å². The summed E-state index contributed by atoms with van der Waals surface area (Å²) in [7, 11) is 0. The number of benzene rings is 1. The largest absolute Gasteiger partial charge is 0.366 e. The van der Waals surface area contributed by atoms with Gasteiger partial charge in [0.25, 0.3) is 5.91 Å². The molecule has 0 aliphatic carbocycles. The molecular weight excluding hydrogens is 318 g/mol. The Morgan fingerprint density at radius 3 is 3.12 bits per heavy atom. The highest BCUT2D eigenvalue weighted by Gasteiger charge is 2.29. The van der Waals surface area contributed by atoms with Crippen LogP contribution < -0.4 is 0 Å². The third kappa shape index (κ3) is 2.91. The number of aromatic amines is 1. The molecule has 0 spiro atoms. The lowest BCUT2D eigenvalue weighted by Crippen LogP contribution is -2.43. The molecule has 4 rings (SSSR count). The van der Waals surface area contributed by atoms with Crippen molar-refractivity contribution in [2.75, 3.05) is 19.7 Å². The van der Waals surface area contributed by atoms with Gasteiger partial charge < -0.3 is 19.2 Å². The number of rotatable bonds is 3. The van der Waals surface area contributed by atoms with E-state index in [0.29, 0.717) is 25.4 Å². The van der Waals surface area contributed by atoms with Crippen LogP contribution in [-0.2, 0) is 11.3 Å². The smallest absolute Gasteiger partial charge is 0.270 e. The summed E-state index contributed by atoms with van der Waals surface area (Å²) in [5, 5.41) is 9.17. The van der Waals surface area contributed by atoms with E-state index in [9.17, 15) is 4.79 Å². The predicted octanol–water partition coefficient (Wildman–Crippen LogP) is 2.30. The molecule has 130 valence electrons. The molecule has 7 heteroatoms. The number of morpholine rings is 1. The van der Waals surface area contributed by atoms with Crippen LogP contribution in [0.15, 0.2) is 30.6 Å². The van der Waals surface area contributed by atoms with Crippen molar-refractivity contribution in [2.45, 2.75) is 26.5 Å². The third-order valence-electron chi connectivity index (χ3n) is 4.64. The summed E-state index contributed by atoms with van der Waals surface area (Å²) in [6, 6.07) is 8.05. The zero-order valence-electron chi connectivity index (χ0n) is 14.4. The normalized spacial score (nSPS) is 18.0. The molecule has 25 heavy (non-hydrogen) atoms. The van der Waals surface area contributed by atoms with E-state index in [1.54, 1.807) is 6.33 Å². The van der Waals surface area contributed by atoms with E-state index in [1.807, 2.05) is 41.5 Å². The fourth-order valence-corrected chi connectivity index (χ4v) is 3.27. The van der Waals surface area contributed by atoms with Gasteiger partial charge >= 0.3 is 0 Å². The second-order valence-electron chi connectivity index (χ2n) is 6.36. The van der Waals surface area contributed by atoms with Crippen LogP contribution in [0.5, 0.6) is 0 Å². The van der Waals surface area contributed by atoms with Crippen molar-refractivity contribution in [1.82, 2.24) is 24.6 Å². The van der Waals surface area contributed by atoms with Gasteiger partial charge in [0.2, 0.25) is 0 Å². The molecular formula is C18H21N5O2. The average molecular weight is 339 g/mol. The van der Waals surface area contributed by atoms with Gasteiger partial charge in [-0.2, -0.15) is 0 Å². The Hall–Kier alpha value is -2.67. The van der Waals surface area contributed by atoms with Crippen LogP contribution >= 0.6 is 0 Å². The fourth-order valence-electron chi connectivity index (χ4n) is 3.27. The van der Waals surface area contributed by atoms with Crippen LogP contribution in [0.2, 0.25) is 0 Å². The van der Waals surface area contributed by atoms with E-state index in [4.69, 9.17) is 4.74 Å². The lowest BCUT2D eigenvalue weighted by atomic mass is 10.2. The number of fused-ring (bicyclic) bond motifs is 1. The topological polar surface area (TPSA) is 76.0 Å². The van der Waals surface area contributed by atoms with Gasteiger partial charge in [-0.1, -0.05) is 12.1 Å². The first kappa shape index (κ1) is 15.8. The first-order valence-corrected chi connectivity index (χ1v) is 8.53. The zero-order valence-corrected chi connectivity index (χ0v) is 14.4. The van der Waals surface area contributed by atoms with Crippen LogP contribution in [-0.4, -0.2) is 50.3 Å². The quantitative estimate of drug-likeness (QED) is 0.794. The Kier molecular flexibility index (Phi) is 4.01. The number of hydrogen-bond acceptors (Lipinski definition) is 4. The van der Waals surface area contributed by atoms with Crippen LogP contribution in [0.3, 0.4) is 0 Å². The Morgan fingerprint density at radius 1 is 1.40 bits per heavy atom. The van der Waals surface area contributed by atoms with Crippen molar-refractivity contribution in [1.29, 1.82) is 0 Å². The zero-order chi connectivity index (χ0) is 17.4. The van der Waals surface area contributed by atoms with Gasteiger partial charge in [-0.05, 0) is 31.5 Å². The molecule has 1 aliphatic rings. The molecule has 0 radical (unpaired) electrons. The van der Waals surface area contributed by atoms with Crippen LogP contribution in [0, 0.1) is 6.92 Å². The van der Waals surface area contributed by atoms with Gasteiger partial charge in [0.05, 0.1) is 13.2 Å². The highest BCUT2D eigenvalue weighted by Crippen LogP contribution is 2.23. The Labute approximate surface area is 145 Å². The minimum absolute atomic E-state index is 0.00952. The monoisotopic (exact) mass is 339 g/mol. The predicted molar refractivity (Wildman–Crippen MR) is 93.3 cm³/mol. The number of H-pyrrole nitrogens is 1. The first-order valence-electron chi connectivity index (χ1n) is 8.53. The number of aryl methyl sites for hydroxylation is 2. The number of carbonyl (C=O) groups excluding carboxylic acids is 1. The molecule has 2 aromatic heterocycles. The van der Waals surface area contributed by atoms with Crippen molar-refractivity contribution in [2.24, 2.45) is 0 Å². The SMILES string of the molecule is CCn1cnnc1C1CN(C(=O)c2cc3ccc(C)cc3[nH]2)CCO1. The number of nitrogens with one attached hydrogen (secondary N) is 1. The summed E-state index contributed by atoms with van der Waals surface area (Å²) < 4.78 is 7.78. The van der Waals surface area contributed by atoms with Gasteiger partial charge in [-0.15, -0.1) is 10.2 Å². The first-order chi connectivity index (χ1) is 12.2. The molecule has 3 aromatic rings. The molecule has 3 heterocycles. The molecule has 7 nitrogen and oxygen atoms in total. The molecule has 1 atom stereocenters. The highest BCUT2D eigenvalue weighted by molar-refractivity contribution is 5.98. The maximum absolute atomic E-state index is 12.9. The van der Waals surface area contributed by atoms with Gasteiger partial charge in [-0.3, -0.25) is 4.79 Å². The number of nitrogens with zero attached hydrogens (tertiary/aromatic N) is 4. The maximum atomic E-state index is 12.9. The van der Waals surface area contributed by atoms with E-state index in [1.165, 1.54) is 5.56 Å². The number of carbonyl (C=O) groups is 1. The average Bonchev–Trinajstić information content (AvgIpc) is 3.27. The molecule has 0 bridgehead atoms. The second-order valence-corrected chi connectivity index (χ2v) is 6.36. The molecule has 1 N–H and O–H groups in total. The molecule has 1 saturated heterocycles. The minimum Gasteiger partial charge on any atom is -0.366 e. The summed E-state index contributed by atoms with van der Waals surface area (Å²) in [5.74, 6) is 0.761. The molecule has 0 saturated carbocycles. The van der Waals surface area contributed by atoms with Gasteiger partial charge in [0.1, 0.15) is 18.1 Å². The lowest BCUT2D eigenvalue weighted by Gasteiger charge is -2.32. The van der Waals surface area contributed by atoms with Crippen molar-refractivity contribution >= 4 is 16.8 Å². The lowest BCUT2D eigenvalue weighted by molar-refractivity contribution is -0.0285. The molecule has 1 aliphatic heterocycles. The number of hydrogen-bond donors (Lipinski definition) is 1. The Morgan fingerprint density at radius 2 is 2.28 bits per heavy atom. The second kappa shape index (κ2) is 6.33. The van der Waals surface area contributed by atoms with Gasteiger partial charge in [0.15, 0.2) is 5.82 Å². The summed E-state index contributed by atoms with van der Waals surface area (Å²) in [4.78, 5) is 18.0. The summed E-state index contributed by atoms with van der Waals surface area (Å²) >= 11 is 0. The van der Waals surface area contributed by atoms with Crippen LogP contribution in [0.4, 0.5) is 0 Å². The van der Waals surface area contributed by atoms with E-state index in [-0.39, 0.29) is 12.0 Å². The summed E-state index contributed by atoms with van der Waals surface area (Å²) in [6.07, 6.45) is 1.45. The van der Waals surface area contributed by atoms with Crippen molar-refractivity contribution in [3.63, 3.8) is 0 Å². The van der Waals surface area contributed by atoms with Gasteiger partial charge in [-0.25, -0.2) is 0 Å². The molecule has 1 amide bonds. The summed E-state index contributed by atoms with van der Waals surface area (Å²) in [6.45, 7) is 6.39. The number of aromatic nitrogens is 4. The standard InChI is InChI=1S/C18H21N5O2/c1-3-22-11-19-21-17(22)16-10-23(6-7-25-16)18(24)15-9-13-5-4-12(2)8-14(13)20-15/h4-5,8-9,11,16,20H,3,6-7,10H2,1-2H3. The van der Waals surface area contributed by atoms with Crippen LogP contribution in [0.25, 0.3) is 10.9 Å². The Bertz CT molecular complexity index is 913. The molecule has 1 aromatic carbocycles. The van der Waals surface area contributed by atoms with Gasteiger partial charge in [0, 0.05) is 24.0 Å². The molecule has 1 unspecified atom stereocenters. The maximum Gasteiger partial charge on any atom is 0.270 e. The van der Waals surface area contributed by atoms with Crippen molar-refractivity contribution in [3.05, 3.63) is 47.7 Å². The van der Waals surface area contributed by atoms with E-state index < -0.39 is 0 Å². The fraction of sp³-hybridized carbons (Fsp3) is 0.389. The highest BCUT2D eigenvalue weighted by atomic mass is 16.5. The minimum atomic E-state index is -0.244. The van der Waals surface area contributed by atoms with Crippen LogP contribution in [0.1, 0.15) is 34.9 Å². The third-order valence-corrected chi connectivity index (χ3v) is 4.64.